The summed E-state index contributed by atoms with van der Waals surface area (Å²) in [5, 5.41) is 18.1. The molecule has 3 fully saturated rings. The number of benzene rings is 2. The summed E-state index contributed by atoms with van der Waals surface area (Å²) >= 11 is 0. The van der Waals surface area contributed by atoms with Gasteiger partial charge in [-0.2, -0.15) is 0 Å². The molecule has 3 heterocycles. The third-order valence-corrected chi connectivity index (χ3v) is 8.90. The molecule has 2 aliphatic heterocycles. The molecule has 10 heteroatoms. The summed E-state index contributed by atoms with van der Waals surface area (Å²) in [7, 11) is 0. The van der Waals surface area contributed by atoms with Crippen LogP contribution in [-0.4, -0.2) is 58.2 Å². The van der Waals surface area contributed by atoms with Crippen LogP contribution in [0, 0.1) is 5.92 Å². The Bertz CT molecular complexity index is 1320. The number of nitrogens with zero attached hydrogens (tertiary/aromatic N) is 4. The quantitative estimate of drug-likeness (QED) is 0.390. The Hall–Kier alpha value is -3.66. The molecule has 0 spiro atoms. The smallest absolute Gasteiger partial charge is 0.411 e. The number of tetrazole rings is 1. The number of anilines is 2. The number of rotatable bonds is 8. The van der Waals surface area contributed by atoms with Gasteiger partial charge in [-0.1, -0.05) is 18.2 Å². The van der Waals surface area contributed by atoms with Crippen molar-refractivity contribution in [1.29, 1.82) is 0 Å². The fraction of sp³-hybridized carbons (Fsp3) is 0.533. The zero-order valence-corrected chi connectivity index (χ0v) is 22.8. The normalized spacial score (nSPS) is 23.8. The second kappa shape index (κ2) is 10.7. The summed E-state index contributed by atoms with van der Waals surface area (Å²) < 4.78 is 17.5. The van der Waals surface area contributed by atoms with Gasteiger partial charge in [0.2, 0.25) is 0 Å². The van der Waals surface area contributed by atoms with E-state index in [0.29, 0.717) is 17.6 Å². The predicted molar refractivity (Wildman–Crippen MR) is 149 cm³/mol. The van der Waals surface area contributed by atoms with Crippen LogP contribution in [0.2, 0.25) is 0 Å². The number of carbonyl (C=O) groups is 1. The predicted octanol–water partition coefficient (Wildman–Crippen LogP) is 5.35. The Balaban J connectivity index is 1.18. The molecular weight excluding hydrogens is 508 g/mol. The van der Waals surface area contributed by atoms with Crippen LogP contribution >= 0.6 is 0 Å². The number of fused-ring (bicyclic) bond motifs is 1. The van der Waals surface area contributed by atoms with E-state index in [2.05, 4.69) is 61.2 Å². The molecule has 3 atom stereocenters. The maximum absolute atomic E-state index is 12.4. The largest absolute Gasteiger partial charge is 0.490 e. The number of carbonyl (C=O) groups excluding carboxylic acids is 1. The number of aromatic nitrogens is 4. The fourth-order valence-corrected chi connectivity index (χ4v) is 6.33. The van der Waals surface area contributed by atoms with E-state index >= 15 is 0 Å². The Morgan fingerprint density at radius 1 is 1.07 bits per heavy atom. The molecule has 1 aromatic heterocycles. The Morgan fingerprint density at radius 2 is 1.88 bits per heavy atom. The van der Waals surface area contributed by atoms with Gasteiger partial charge in [-0.25, -0.2) is 9.89 Å². The molecule has 2 N–H and O–H groups in total. The van der Waals surface area contributed by atoms with Gasteiger partial charge in [-0.15, -0.1) is 5.10 Å². The lowest BCUT2D eigenvalue weighted by atomic mass is 9.86. The highest BCUT2D eigenvalue weighted by atomic mass is 16.6. The molecule has 2 saturated carbocycles. The number of nitrogens with one attached hydrogen (secondary N) is 2. The molecule has 0 radical (unpaired) electrons. The first kappa shape index (κ1) is 25.3. The van der Waals surface area contributed by atoms with Gasteiger partial charge in [0.25, 0.3) is 0 Å². The molecule has 1 saturated heterocycles. The van der Waals surface area contributed by atoms with Gasteiger partial charge in [0.1, 0.15) is 18.0 Å². The summed E-state index contributed by atoms with van der Waals surface area (Å²) in [6.07, 6.45) is 7.32. The van der Waals surface area contributed by atoms with Crippen molar-refractivity contribution in [2.45, 2.75) is 82.1 Å². The molecule has 4 aliphatic rings. The zero-order chi connectivity index (χ0) is 27.1. The number of amides is 1. The molecule has 40 heavy (non-hydrogen) atoms. The summed E-state index contributed by atoms with van der Waals surface area (Å²) in [4.78, 5) is 15.0. The summed E-state index contributed by atoms with van der Waals surface area (Å²) in [6.45, 7) is 3.45. The first-order valence-electron chi connectivity index (χ1n) is 14.6. The third kappa shape index (κ3) is 5.00. The van der Waals surface area contributed by atoms with Gasteiger partial charge in [0, 0.05) is 36.3 Å². The molecule has 2 aromatic carbocycles. The Labute approximate surface area is 233 Å². The number of H-pyrrole nitrogens is 1. The summed E-state index contributed by atoms with van der Waals surface area (Å²) in [5.74, 6) is 2.07. The highest BCUT2D eigenvalue weighted by Gasteiger charge is 2.46. The van der Waals surface area contributed by atoms with Gasteiger partial charge in [-0.3, -0.25) is 5.32 Å². The minimum Gasteiger partial charge on any atom is -0.490 e. The number of aromatic amines is 1. The average Bonchev–Trinajstić information content (AvgIpc) is 3.56. The SMILES string of the molecule is CC(OC(=O)Nc1ccc(C2C(c3nnn[nH]3)c3ccc(OC4CCOCC4)cc3N2C2CCC2)cc1)C1CC1. The monoisotopic (exact) mass is 544 g/mol. The second-order valence-corrected chi connectivity index (χ2v) is 11.5. The van der Waals surface area contributed by atoms with Crippen LogP contribution in [0.25, 0.3) is 0 Å². The first-order valence-corrected chi connectivity index (χ1v) is 14.6. The number of hydrogen-bond acceptors (Lipinski definition) is 8. The number of hydrogen-bond donors (Lipinski definition) is 2. The van der Waals surface area contributed by atoms with Crippen LogP contribution in [0.4, 0.5) is 16.2 Å². The fourth-order valence-electron chi connectivity index (χ4n) is 6.33. The maximum Gasteiger partial charge on any atom is 0.411 e. The van der Waals surface area contributed by atoms with Crippen molar-refractivity contribution < 1.29 is 19.0 Å². The van der Waals surface area contributed by atoms with Crippen LogP contribution in [0.5, 0.6) is 5.75 Å². The van der Waals surface area contributed by atoms with Crippen LogP contribution in [0.3, 0.4) is 0 Å². The zero-order valence-electron chi connectivity index (χ0n) is 22.8. The van der Waals surface area contributed by atoms with Crippen molar-refractivity contribution in [2.75, 3.05) is 23.4 Å². The van der Waals surface area contributed by atoms with E-state index in [1.54, 1.807) is 0 Å². The van der Waals surface area contributed by atoms with Crippen LogP contribution in [0.15, 0.2) is 42.5 Å². The van der Waals surface area contributed by atoms with E-state index in [1.807, 2.05) is 19.1 Å². The van der Waals surface area contributed by atoms with Gasteiger partial charge in [-0.05, 0) is 84.7 Å². The highest BCUT2D eigenvalue weighted by molar-refractivity contribution is 5.84. The Kier molecular flexibility index (Phi) is 6.79. The molecule has 3 unspecified atom stereocenters. The van der Waals surface area contributed by atoms with Gasteiger partial charge >= 0.3 is 6.09 Å². The lowest BCUT2D eigenvalue weighted by Gasteiger charge is -2.42. The molecule has 0 bridgehead atoms. The molecule has 3 aromatic rings. The molecule has 7 rings (SSSR count). The van der Waals surface area contributed by atoms with E-state index in [1.165, 1.54) is 17.7 Å². The topological polar surface area (TPSA) is 114 Å². The Morgan fingerprint density at radius 3 is 2.55 bits per heavy atom. The van der Waals surface area contributed by atoms with E-state index in [-0.39, 0.29) is 24.2 Å². The van der Waals surface area contributed by atoms with Crippen molar-refractivity contribution in [3.63, 3.8) is 0 Å². The lowest BCUT2D eigenvalue weighted by molar-refractivity contribution is 0.0256. The standard InChI is InChI=1S/C30H36N6O4/c1-18(19-5-6-19)39-30(37)31-21-9-7-20(8-10-21)28-27(29-32-34-35-33-29)25-12-11-24(40-23-13-15-38-16-14-23)17-26(25)36(28)22-3-2-4-22/h7-12,17-19,22-23,27-28H,2-6,13-16H2,1H3,(H,31,37)(H,32,33,34,35). The minimum atomic E-state index is -0.404. The first-order chi connectivity index (χ1) is 19.6. The lowest BCUT2D eigenvalue weighted by Crippen LogP contribution is -2.41. The van der Waals surface area contributed by atoms with Gasteiger partial charge in [0.05, 0.1) is 25.2 Å². The summed E-state index contributed by atoms with van der Waals surface area (Å²) in [5.41, 5.74) is 4.23. The van der Waals surface area contributed by atoms with Crippen molar-refractivity contribution in [3.8, 4) is 5.75 Å². The third-order valence-electron chi connectivity index (χ3n) is 8.90. The van der Waals surface area contributed by atoms with Crippen molar-refractivity contribution in [1.82, 2.24) is 20.6 Å². The van der Waals surface area contributed by atoms with Crippen LogP contribution in [-0.2, 0) is 9.47 Å². The molecule has 210 valence electrons. The van der Waals surface area contributed by atoms with Crippen LogP contribution in [0.1, 0.15) is 80.8 Å². The molecule has 1 amide bonds. The van der Waals surface area contributed by atoms with Crippen molar-refractivity contribution >= 4 is 17.5 Å². The van der Waals surface area contributed by atoms with Crippen LogP contribution < -0.4 is 15.0 Å². The van der Waals surface area contributed by atoms with E-state index in [0.717, 1.165) is 68.9 Å². The second-order valence-electron chi connectivity index (χ2n) is 11.5. The van der Waals surface area contributed by atoms with Gasteiger partial charge < -0.3 is 19.1 Å². The average molecular weight is 545 g/mol. The molecule has 10 nitrogen and oxygen atoms in total. The maximum atomic E-state index is 12.4. The van der Waals surface area contributed by atoms with Gasteiger partial charge in [0.15, 0.2) is 5.82 Å². The molecule has 2 aliphatic carbocycles. The minimum absolute atomic E-state index is 0.00395. The van der Waals surface area contributed by atoms with Crippen molar-refractivity contribution in [3.05, 3.63) is 59.4 Å². The van der Waals surface area contributed by atoms with E-state index in [4.69, 9.17) is 14.2 Å². The van der Waals surface area contributed by atoms with Crippen molar-refractivity contribution in [2.24, 2.45) is 5.92 Å². The summed E-state index contributed by atoms with van der Waals surface area (Å²) in [6, 6.07) is 15.0. The number of ether oxygens (including phenoxy) is 3. The van der Waals surface area contributed by atoms with E-state index < -0.39 is 6.09 Å². The van der Waals surface area contributed by atoms with E-state index in [9.17, 15) is 4.79 Å². The highest BCUT2D eigenvalue weighted by Crippen LogP contribution is 2.55. The molecular formula is C30H36N6O4.